The molecule has 0 saturated carbocycles. The first-order chi connectivity index (χ1) is 13.3. The van der Waals surface area contributed by atoms with Crippen LogP contribution in [0.25, 0.3) is 0 Å². The fourth-order valence-electron chi connectivity index (χ4n) is 3.34. The van der Waals surface area contributed by atoms with Crippen molar-refractivity contribution >= 4 is 17.3 Å². The molecule has 0 radical (unpaired) electrons. The predicted molar refractivity (Wildman–Crippen MR) is 115 cm³/mol. The SMILES string of the molecule is Cc1ccc(Cn2nc(C)c(CCC(=O)Nc3cc(N)ccc3C)c2C)cc1. The number of hydrogen-bond donors (Lipinski definition) is 2. The molecule has 0 aliphatic heterocycles. The number of aromatic nitrogens is 2. The number of nitrogens with two attached hydrogens (primary N) is 1. The average molecular weight is 377 g/mol. The zero-order chi connectivity index (χ0) is 20.3. The van der Waals surface area contributed by atoms with Crippen molar-refractivity contribution in [2.24, 2.45) is 0 Å². The van der Waals surface area contributed by atoms with E-state index in [2.05, 4.69) is 48.5 Å². The maximum atomic E-state index is 12.4. The summed E-state index contributed by atoms with van der Waals surface area (Å²) in [5, 5.41) is 7.65. The summed E-state index contributed by atoms with van der Waals surface area (Å²) in [6.07, 6.45) is 1.07. The van der Waals surface area contributed by atoms with Gasteiger partial charge in [0.2, 0.25) is 5.91 Å². The van der Waals surface area contributed by atoms with Crippen molar-refractivity contribution in [1.82, 2.24) is 9.78 Å². The Morgan fingerprint density at radius 3 is 2.50 bits per heavy atom. The molecule has 3 aromatic rings. The highest BCUT2D eigenvalue weighted by molar-refractivity contribution is 5.92. The molecule has 5 nitrogen and oxygen atoms in total. The van der Waals surface area contributed by atoms with E-state index in [1.807, 2.05) is 30.7 Å². The summed E-state index contributed by atoms with van der Waals surface area (Å²) in [7, 11) is 0. The van der Waals surface area contributed by atoms with Crippen LogP contribution in [0.1, 0.15) is 40.1 Å². The summed E-state index contributed by atoms with van der Waals surface area (Å²) in [6, 6.07) is 14.0. The van der Waals surface area contributed by atoms with Crippen LogP contribution in [0.5, 0.6) is 0 Å². The van der Waals surface area contributed by atoms with Gasteiger partial charge in [-0.3, -0.25) is 9.48 Å². The van der Waals surface area contributed by atoms with Crippen molar-refractivity contribution in [3.05, 3.63) is 76.1 Å². The molecule has 0 aliphatic rings. The number of carbonyl (C=O) groups is 1. The number of anilines is 2. The van der Waals surface area contributed by atoms with Crippen LogP contribution < -0.4 is 11.1 Å². The van der Waals surface area contributed by atoms with Crippen molar-refractivity contribution in [3.8, 4) is 0 Å². The molecule has 1 aromatic heterocycles. The van der Waals surface area contributed by atoms with Gasteiger partial charge in [-0.05, 0) is 62.9 Å². The minimum Gasteiger partial charge on any atom is -0.399 e. The largest absolute Gasteiger partial charge is 0.399 e. The van der Waals surface area contributed by atoms with Gasteiger partial charge < -0.3 is 11.1 Å². The summed E-state index contributed by atoms with van der Waals surface area (Å²) >= 11 is 0. The van der Waals surface area contributed by atoms with Gasteiger partial charge in [-0.15, -0.1) is 0 Å². The van der Waals surface area contributed by atoms with Gasteiger partial charge in [0.15, 0.2) is 0 Å². The normalized spacial score (nSPS) is 10.9. The number of nitrogen functional groups attached to an aromatic ring is 1. The second-order valence-electron chi connectivity index (χ2n) is 7.42. The summed E-state index contributed by atoms with van der Waals surface area (Å²) in [6.45, 7) is 8.86. The molecule has 146 valence electrons. The van der Waals surface area contributed by atoms with E-state index in [4.69, 9.17) is 5.73 Å². The summed E-state index contributed by atoms with van der Waals surface area (Å²) in [5.41, 5.74) is 14.0. The van der Waals surface area contributed by atoms with Gasteiger partial charge in [0, 0.05) is 23.5 Å². The van der Waals surface area contributed by atoms with E-state index in [9.17, 15) is 4.79 Å². The highest BCUT2D eigenvalue weighted by atomic mass is 16.1. The zero-order valence-electron chi connectivity index (χ0n) is 17.0. The molecular weight excluding hydrogens is 348 g/mol. The minimum atomic E-state index is -0.0150. The lowest BCUT2D eigenvalue weighted by Crippen LogP contribution is -2.14. The van der Waals surface area contributed by atoms with Gasteiger partial charge in [0.05, 0.1) is 12.2 Å². The molecule has 0 spiro atoms. The fraction of sp³-hybridized carbons (Fsp3) is 0.304. The Hall–Kier alpha value is -3.08. The number of nitrogens with zero attached hydrogens (tertiary/aromatic N) is 2. The Bertz CT molecular complexity index is 987. The Balaban J connectivity index is 1.65. The van der Waals surface area contributed by atoms with E-state index in [0.717, 1.165) is 34.7 Å². The number of hydrogen-bond acceptors (Lipinski definition) is 3. The third kappa shape index (κ3) is 4.60. The number of benzene rings is 2. The van der Waals surface area contributed by atoms with Crippen molar-refractivity contribution in [2.45, 2.75) is 47.1 Å². The van der Waals surface area contributed by atoms with Crippen LogP contribution in [0.3, 0.4) is 0 Å². The fourth-order valence-corrected chi connectivity index (χ4v) is 3.34. The topological polar surface area (TPSA) is 72.9 Å². The lowest BCUT2D eigenvalue weighted by Gasteiger charge is -2.10. The van der Waals surface area contributed by atoms with Crippen LogP contribution in [0, 0.1) is 27.7 Å². The summed E-state index contributed by atoms with van der Waals surface area (Å²) < 4.78 is 2.02. The van der Waals surface area contributed by atoms with Crippen LogP contribution >= 0.6 is 0 Å². The number of amides is 1. The molecule has 1 heterocycles. The highest BCUT2D eigenvalue weighted by Crippen LogP contribution is 2.20. The van der Waals surface area contributed by atoms with Gasteiger partial charge in [-0.1, -0.05) is 35.9 Å². The predicted octanol–water partition coefficient (Wildman–Crippen LogP) is 4.32. The Kier molecular flexibility index (Phi) is 5.83. The van der Waals surface area contributed by atoms with Gasteiger partial charge in [0.1, 0.15) is 0 Å². The maximum absolute atomic E-state index is 12.4. The maximum Gasteiger partial charge on any atom is 0.224 e. The lowest BCUT2D eigenvalue weighted by atomic mass is 10.1. The second-order valence-corrected chi connectivity index (χ2v) is 7.42. The van der Waals surface area contributed by atoms with Gasteiger partial charge in [0.25, 0.3) is 0 Å². The smallest absolute Gasteiger partial charge is 0.224 e. The number of rotatable bonds is 6. The van der Waals surface area contributed by atoms with Gasteiger partial charge >= 0.3 is 0 Å². The summed E-state index contributed by atoms with van der Waals surface area (Å²) in [5.74, 6) is -0.0150. The standard InChI is InChI=1S/C23H28N4O/c1-15-5-8-19(9-6-15)14-27-18(4)21(17(3)26-27)11-12-23(28)25-22-13-20(24)10-7-16(22)2/h5-10,13H,11-12,14,24H2,1-4H3,(H,25,28). The first kappa shape index (κ1) is 19.7. The quantitative estimate of drug-likeness (QED) is 0.629. The van der Waals surface area contributed by atoms with E-state index >= 15 is 0 Å². The molecule has 0 fully saturated rings. The van der Waals surface area contributed by atoms with E-state index in [1.54, 1.807) is 6.07 Å². The number of nitrogens with one attached hydrogen (secondary N) is 1. The molecule has 0 unspecified atom stereocenters. The van der Waals surface area contributed by atoms with E-state index in [-0.39, 0.29) is 5.91 Å². The van der Waals surface area contributed by atoms with Crippen molar-refractivity contribution in [2.75, 3.05) is 11.1 Å². The van der Waals surface area contributed by atoms with Gasteiger partial charge in [-0.25, -0.2) is 0 Å². The second kappa shape index (κ2) is 8.30. The van der Waals surface area contributed by atoms with E-state index in [1.165, 1.54) is 11.1 Å². The molecule has 2 aromatic carbocycles. The average Bonchev–Trinajstić information content (AvgIpc) is 2.91. The third-order valence-corrected chi connectivity index (χ3v) is 5.12. The molecular formula is C23H28N4O. The molecule has 3 N–H and O–H groups in total. The first-order valence-electron chi connectivity index (χ1n) is 9.58. The van der Waals surface area contributed by atoms with Crippen LogP contribution in [-0.2, 0) is 17.8 Å². The number of aryl methyl sites for hydroxylation is 3. The highest BCUT2D eigenvalue weighted by Gasteiger charge is 2.14. The van der Waals surface area contributed by atoms with Gasteiger partial charge in [-0.2, -0.15) is 5.10 Å². The molecule has 0 atom stereocenters. The van der Waals surface area contributed by atoms with Crippen molar-refractivity contribution in [1.29, 1.82) is 0 Å². The molecule has 0 aliphatic carbocycles. The Morgan fingerprint density at radius 2 is 1.79 bits per heavy atom. The number of carbonyl (C=O) groups excluding carboxylic acids is 1. The third-order valence-electron chi connectivity index (χ3n) is 5.12. The molecule has 28 heavy (non-hydrogen) atoms. The van der Waals surface area contributed by atoms with Crippen LogP contribution in [0.4, 0.5) is 11.4 Å². The molecule has 0 bridgehead atoms. The van der Waals surface area contributed by atoms with Crippen LogP contribution in [0.15, 0.2) is 42.5 Å². The molecule has 3 rings (SSSR count). The van der Waals surface area contributed by atoms with E-state index in [0.29, 0.717) is 18.5 Å². The minimum absolute atomic E-state index is 0.0150. The van der Waals surface area contributed by atoms with Crippen molar-refractivity contribution in [3.63, 3.8) is 0 Å². The zero-order valence-corrected chi connectivity index (χ0v) is 17.0. The first-order valence-corrected chi connectivity index (χ1v) is 9.58. The van der Waals surface area contributed by atoms with Crippen LogP contribution in [-0.4, -0.2) is 15.7 Å². The lowest BCUT2D eigenvalue weighted by molar-refractivity contribution is -0.116. The Labute approximate surface area is 166 Å². The van der Waals surface area contributed by atoms with Crippen molar-refractivity contribution < 1.29 is 4.79 Å². The molecule has 0 saturated heterocycles. The molecule has 5 heteroatoms. The molecule has 1 amide bonds. The monoisotopic (exact) mass is 376 g/mol. The Morgan fingerprint density at radius 1 is 1.07 bits per heavy atom. The van der Waals surface area contributed by atoms with Crippen LogP contribution in [0.2, 0.25) is 0 Å². The summed E-state index contributed by atoms with van der Waals surface area (Å²) in [4.78, 5) is 12.4. The van der Waals surface area contributed by atoms with E-state index < -0.39 is 0 Å².